The van der Waals surface area contributed by atoms with Gasteiger partial charge in [0, 0.05) is 26.3 Å². The maximum Gasteiger partial charge on any atom is 0.0618 e. The van der Waals surface area contributed by atoms with Crippen molar-refractivity contribution >= 4 is 0 Å². The Balaban J connectivity index is 3.97. The fraction of sp³-hybridized carbons (Fsp3) is 1.00. The zero-order valence-electron chi connectivity index (χ0n) is 10.8. The summed E-state index contributed by atoms with van der Waals surface area (Å²) in [5, 5.41) is 12.4. The molecule has 0 spiro atoms. The quantitative estimate of drug-likeness (QED) is 0.649. The summed E-state index contributed by atoms with van der Waals surface area (Å²) in [6, 6.07) is 0.396. The second-order valence-corrected chi connectivity index (χ2v) is 5.32. The molecule has 0 bridgehead atoms. The van der Waals surface area contributed by atoms with Crippen LogP contribution in [-0.2, 0) is 4.74 Å². The van der Waals surface area contributed by atoms with Gasteiger partial charge in [0.15, 0.2) is 0 Å². The van der Waals surface area contributed by atoms with Gasteiger partial charge in [-0.25, -0.2) is 0 Å². The van der Waals surface area contributed by atoms with E-state index in [-0.39, 0.29) is 12.0 Å². The zero-order valence-corrected chi connectivity index (χ0v) is 10.8. The van der Waals surface area contributed by atoms with Crippen LogP contribution in [0.2, 0.25) is 0 Å². The van der Waals surface area contributed by atoms with Crippen molar-refractivity contribution in [3.63, 3.8) is 0 Å². The van der Waals surface area contributed by atoms with E-state index in [2.05, 4.69) is 33.0 Å². The Kier molecular flexibility index (Phi) is 7.14. The van der Waals surface area contributed by atoms with Crippen molar-refractivity contribution in [2.24, 2.45) is 11.3 Å². The van der Waals surface area contributed by atoms with E-state index in [9.17, 15) is 0 Å². The zero-order chi connectivity index (χ0) is 11.9. The van der Waals surface area contributed by atoms with Crippen molar-refractivity contribution in [3.8, 4) is 0 Å². The highest BCUT2D eigenvalue weighted by Crippen LogP contribution is 2.18. The first-order valence-corrected chi connectivity index (χ1v) is 5.76. The Morgan fingerprint density at radius 1 is 1.33 bits per heavy atom. The molecule has 1 unspecified atom stereocenters. The lowest BCUT2D eigenvalue weighted by atomic mass is 9.89. The first-order chi connectivity index (χ1) is 6.93. The molecule has 0 amide bonds. The van der Waals surface area contributed by atoms with E-state index in [1.54, 1.807) is 7.11 Å². The van der Waals surface area contributed by atoms with Crippen LogP contribution in [0, 0.1) is 11.3 Å². The summed E-state index contributed by atoms with van der Waals surface area (Å²) >= 11 is 0. The largest absolute Gasteiger partial charge is 0.396 e. The van der Waals surface area contributed by atoms with Gasteiger partial charge in [0.05, 0.1) is 6.61 Å². The average molecular weight is 217 g/mol. The van der Waals surface area contributed by atoms with Crippen molar-refractivity contribution in [1.29, 1.82) is 0 Å². The van der Waals surface area contributed by atoms with Crippen LogP contribution in [0.15, 0.2) is 0 Å². The summed E-state index contributed by atoms with van der Waals surface area (Å²) in [6.45, 7) is 10.6. The number of ether oxygens (including phenoxy) is 1. The lowest BCUT2D eigenvalue weighted by molar-refractivity contribution is 0.133. The SMILES string of the molecule is COCC(NCC(C)(C)CCO)C(C)C. The summed E-state index contributed by atoms with van der Waals surface area (Å²) in [6.07, 6.45) is 0.831. The Morgan fingerprint density at radius 3 is 2.33 bits per heavy atom. The first kappa shape index (κ1) is 14.9. The van der Waals surface area contributed by atoms with Crippen LogP contribution < -0.4 is 5.32 Å². The molecular formula is C12H27NO2. The van der Waals surface area contributed by atoms with Crippen LogP contribution in [0.1, 0.15) is 34.1 Å². The third-order valence-corrected chi connectivity index (χ3v) is 2.78. The Labute approximate surface area is 94.2 Å². The van der Waals surface area contributed by atoms with E-state index >= 15 is 0 Å². The van der Waals surface area contributed by atoms with Crippen LogP contribution in [0.5, 0.6) is 0 Å². The topological polar surface area (TPSA) is 41.5 Å². The van der Waals surface area contributed by atoms with Gasteiger partial charge in [-0.1, -0.05) is 27.7 Å². The fourth-order valence-electron chi connectivity index (χ4n) is 1.47. The standard InChI is InChI=1S/C12H27NO2/c1-10(2)11(8-15-5)13-9-12(3,4)6-7-14/h10-11,13-14H,6-9H2,1-5H3. The molecule has 3 nitrogen and oxygen atoms in total. The van der Waals surface area contributed by atoms with E-state index < -0.39 is 0 Å². The minimum absolute atomic E-state index is 0.148. The molecule has 0 aliphatic carbocycles. The fourth-order valence-corrected chi connectivity index (χ4v) is 1.47. The van der Waals surface area contributed by atoms with Crippen molar-refractivity contribution in [2.45, 2.75) is 40.2 Å². The molecule has 0 saturated carbocycles. The smallest absolute Gasteiger partial charge is 0.0618 e. The molecule has 0 saturated heterocycles. The minimum atomic E-state index is 0.148. The summed E-state index contributed by atoms with van der Waals surface area (Å²) < 4.78 is 5.18. The molecule has 3 heteroatoms. The predicted molar refractivity (Wildman–Crippen MR) is 64.0 cm³/mol. The van der Waals surface area contributed by atoms with Crippen LogP contribution in [0.4, 0.5) is 0 Å². The van der Waals surface area contributed by atoms with Gasteiger partial charge in [0.1, 0.15) is 0 Å². The van der Waals surface area contributed by atoms with Gasteiger partial charge in [-0.05, 0) is 17.8 Å². The molecule has 0 aromatic rings. The number of nitrogens with one attached hydrogen (secondary N) is 1. The third kappa shape index (κ3) is 6.88. The van der Waals surface area contributed by atoms with Gasteiger partial charge >= 0.3 is 0 Å². The van der Waals surface area contributed by atoms with Gasteiger partial charge in [0.2, 0.25) is 0 Å². The third-order valence-electron chi connectivity index (χ3n) is 2.78. The highest BCUT2D eigenvalue weighted by Gasteiger charge is 2.20. The molecule has 15 heavy (non-hydrogen) atoms. The number of rotatable bonds is 8. The van der Waals surface area contributed by atoms with Gasteiger partial charge in [0.25, 0.3) is 0 Å². The van der Waals surface area contributed by atoms with Gasteiger partial charge in [-0.15, -0.1) is 0 Å². The maximum absolute atomic E-state index is 8.93. The lowest BCUT2D eigenvalue weighted by Crippen LogP contribution is -2.42. The van der Waals surface area contributed by atoms with Crippen molar-refractivity contribution in [2.75, 3.05) is 26.9 Å². The van der Waals surface area contributed by atoms with Crippen LogP contribution in [0.3, 0.4) is 0 Å². The molecule has 0 fully saturated rings. The second-order valence-electron chi connectivity index (χ2n) is 5.32. The Bertz CT molecular complexity index is 158. The molecule has 0 heterocycles. The van der Waals surface area contributed by atoms with Crippen LogP contribution in [-0.4, -0.2) is 38.0 Å². The number of aliphatic hydroxyl groups excluding tert-OH is 1. The average Bonchev–Trinajstić information content (AvgIpc) is 2.11. The highest BCUT2D eigenvalue weighted by molar-refractivity contribution is 4.76. The molecule has 2 N–H and O–H groups in total. The first-order valence-electron chi connectivity index (χ1n) is 5.76. The van der Waals surface area contributed by atoms with E-state index in [1.807, 2.05) is 0 Å². The molecule has 1 atom stereocenters. The van der Waals surface area contributed by atoms with Gasteiger partial charge < -0.3 is 15.2 Å². The summed E-state index contributed by atoms with van der Waals surface area (Å²) in [4.78, 5) is 0. The van der Waals surface area contributed by atoms with Gasteiger partial charge in [-0.2, -0.15) is 0 Å². The molecule has 0 rings (SSSR count). The number of hydrogen-bond acceptors (Lipinski definition) is 3. The van der Waals surface area contributed by atoms with E-state index in [1.165, 1.54) is 0 Å². The van der Waals surface area contributed by atoms with Crippen molar-refractivity contribution < 1.29 is 9.84 Å². The van der Waals surface area contributed by atoms with Crippen LogP contribution in [0.25, 0.3) is 0 Å². The van der Waals surface area contributed by atoms with Crippen molar-refractivity contribution in [1.82, 2.24) is 5.32 Å². The highest BCUT2D eigenvalue weighted by atomic mass is 16.5. The minimum Gasteiger partial charge on any atom is -0.396 e. The van der Waals surface area contributed by atoms with Gasteiger partial charge in [-0.3, -0.25) is 0 Å². The lowest BCUT2D eigenvalue weighted by Gasteiger charge is -2.29. The summed E-state index contributed by atoms with van der Waals surface area (Å²) in [5.74, 6) is 0.565. The van der Waals surface area contributed by atoms with E-state index in [0.29, 0.717) is 12.0 Å². The van der Waals surface area contributed by atoms with E-state index in [4.69, 9.17) is 9.84 Å². The molecule has 0 radical (unpaired) electrons. The molecule has 0 aromatic heterocycles. The Hall–Kier alpha value is -0.120. The Morgan fingerprint density at radius 2 is 1.93 bits per heavy atom. The van der Waals surface area contributed by atoms with E-state index in [0.717, 1.165) is 19.6 Å². The second kappa shape index (κ2) is 7.20. The molecule has 0 aliphatic heterocycles. The molecule has 92 valence electrons. The number of methoxy groups -OCH3 is 1. The normalized spacial score (nSPS) is 14.6. The maximum atomic E-state index is 8.93. The number of aliphatic hydroxyl groups is 1. The number of hydrogen-bond donors (Lipinski definition) is 2. The summed E-state index contributed by atoms with van der Waals surface area (Å²) in [5.41, 5.74) is 0.148. The monoisotopic (exact) mass is 217 g/mol. The van der Waals surface area contributed by atoms with Crippen molar-refractivity contribution in [3.05, 3.63) is 0 Å². The predicted octanol–water partition coefficient (Wildman–Crippen LogP) is 1.66. The summed E-state index contributed by atoms with van der Waals surface area (Å²) in [7, 11) is 1.73. The molecule has 0 aliphatic rings. The molecule has 0 aromatic carbocycles. The van der Waals surface area contributed by atoms with Crippen LogP contribution >= 0.6 is 0 Å². The molecular weight excluding hydrogens is 190 g/mol.